The summed E-state index contributed by atoms with van der Waals surface area (Å²) >= 11 is 7.71. The number of carbonyl (C=O) groups excluding carboxylic acids is 1. The lowest BCUT2D eigenvalue weighted by atomic mass is 10.1. The maximum Gasteiger partial charge on any atom is 0.433 e. The van der Waals surface area contributed by atoms with Gasteiger partial charge in [0.05, 0.1) is 22.6 Å². The molecule has 5 aromatic rings. The fourth-order valence-corrected chi connectivity index (χ4v) is 5.84. The van der Waals surface area contributed by atoms with Crippen LogP contribution < -0.4 is 10.6 Å². The van der Waals surface area contributed by atoms with Gasteiger partial charge in [-0.05, 0) is 99.8 Å². The van der Waals surface area contributed by atoms with E-state index in [1.54, 1.807) is 48.5 Å². The van der Waals surface area contributed by atoms with Crippen LogP contribution in [0.2, 0.25) is 5.28 Å². The lowest BCUT2D eigenvalue weighted by molar-refractivity contribution is -0.432. The molecule has 1 amide bonds. The number of halogens is 1. The predicted octanol–water partition coefficient (Wildman–Crippen LogP) is 7.76. The first kappa shape index (κ1) is 39.0. The lowest BCUT2D eigenvalue weighted by Gasteiger charge is -2.11. The number of azo groups is 1. The van der Waals surface area contributed by atoms with Crippen LogP contribution in [0, 0.1) is 11.4 Å². The molecule has 5 rings (SSSR count). The second-order valence-corrected chi connectivity index (χ2v) is 13.4. The molecule has 1 aromatic heterocycles. The molecule has 0 saturated heterocycles. The predicted molar refractivity (Wildman–Crippen MR) is 191 cm³/mol. The van der Waals surface area contributed by atoms with Crippen molar-refractivity contribution >= 4 is 108 Å². The summed E-state index contributed by atoms with van der Waals surface area (Å²) in [6, 6.07) is 18.9. The van der Waals surface area contributed by atoms with Gasteiger partial charge in [-0.1, -0.05) is 11.1 Å². The van der Waals surface area contributed by atoms with Crippen molar-refractivity contribution in [1.82, 2.24) is 15.0 Å². The summed E-state index contributed by atoms with van der Waals surface area (Å²) in [6.07, 6.45) is 1.93. The van der Waals surface area contributed by atoms with Crippen molar-refractivity contribution in [2.75, 3.05) is 10.6 Å². The maximum absolute atomic E-state index is 12.9. The molecule has 0 aliphatic carbocycles. The van der Waals surface area contributed by atoms with Crippen molar-refractivity contribution in [3.63, 3.8) is 0 Å². The Morgan fingerprint density at radius 1 is 0.962 bits per heavy atom. The van der Waals surface area contributed by atoms with Crippen LogP contribution in [0.4, 0.5) is 33.5 Å². The van der Waals surface area contributed by atoms with Gasteiger partial charge in [0.2, 0.25) is 16.4 Å². The van der Waals surface area contributed by atoms with Gasteiger partial charge in [0.25, 0.3) is 5.91 Å². The number of thioether (sulfide) groups is 2. The number of benzene rings is 4. The Balaban J connectivity index is 1.29. The summed E-state index contributed by atoms with van der Waals surface area (Å²) in [7, 11) is -4.80. The van der Waals surface area contributed by atoms with Crippen LogP contribution in [0.15, 0.2) is 98.0 Å². The molecule has 19 nitrogen and oxygen atoms in total. The van der Waals surface area contributed by atoms with Gasteiger partial charge in [-0.15, -0.1) is 9.45 Å². The number of hydrogen-bond acceptors (Lipinski definition) is 19. The Morgan fingerprint density at radius 2 is 1.75 bits per heavy atom. The van der Waals surface area contributed by atoms with Crippen molar-refractivity contribution in [2.45, 2.75) is 14.9 Å². The van der Waals surface area contributed by atoms with E-state index in [4.69, 9.17) is 26.5 Å². The Morgan fingerprint density at radius 3 is 2.49 bits per heavy atom. The number of aromatic hydroxyl groups is 1. The monoisotopic (exact) mass is 819 g/mol. The Hall–Kier alpha value is -5.26. The average Bonchev–Trinajstić information content (AvgIpc) is 3.09. The lowest BCUT2D eigenvalue weighted by Crippen LogP contribution is -2.11. The molecule has 0 atom stereocenters. The van der Waals surface area contributed by atoms with Crippen LogP contribution >= 0.6 is 47.2 Å². The van der Waals surface area contributed by atoms with E-state index in [-0.39, 0.29) is 38.3 Å². The summed E-state index contributed by atoms with van der Waals surface area (Å²) in [5.74, 6) is -0.785. The first-order chi connectivity index (χ1) is 25.4. The molecule has 0 unspecified atom stereocenters. The van der Waals surface area contributed by atoms with Crippen molar-refractivity contribution in [3.8, 4) is 17.1 Å². The summed E-state index contributed by atoms with van der Waals surface area (Å²) < 4.78 is 37.6. The van der Waals surface area contributed by atoms with Crippen molar-refractivity contribution in [1.29, 1.82) is 0 Å². The van der Waals surface area contributed by atoms with E-state index in [0.717, 1.165) is 11.8 Å². The zero-order valence-electron chi connectivity index (χ0n) is 25.7. The highest BCUT2D eigenvalue weighted by Crippen LogP contribution is 2.44. The summed E-state index contributed by atoms with van der Waals surface area (Å²) in [6.45, 7) is 0. The van der Waals surface area contributed by atoms with Crippen LogP contribution in [0.1, 0.15) is 10.4 Å². The molecule has 0 saturated carbocycles. The molecule has 4 aromatic carbocycles. The summed E-state index contributed by atoms with van der Waals surface area (Å²) in [4.78, 5) is 40.4. The second-order valence-electron chi connectivity index (χ2n) is 9.55. The first-order valence-electron chi connectivity index (χ1n) is 13.8. The van der Waals surface area contributed by atoms with Crippen LogP contribution in [0.5, 0.6) is 5.75 Å². The zero-order valence-corrected chi connectivity index (χ0v) is 29.8. The maximum atomic E-state index is 12.9. The number of anilines is 3. The fraction of sp³-hybridized carbons (Fsp3) is 0. The van der Waals surface area contributed by atoms with Crippen LogP contribution in [-0.4, -0.2) is 54.6 Å². The highest BCUT2D eigenvalue weighted by molar-refractivity contribution is 8.13. The number of nitrogens with one attached hydrogen (secondary N) is 2. The van der Waals surface area contributed by atoms with E-state index in [1.807, 2.05) is 6.11 Å². The van der Waals surface area contributed by atoms with Gasteiger partial charge in [-0.2, -0.15) is 28.5 Å². The van der Waals surface area contributed by atoms with Gasteiger partial charge < -0.3 is 20.8 Å². The smallest absolute Gasteiger partial charge is 0.433 e. The number of nitrogens with zero attached hydrogens (tertiary/aromatic N) is 5. The number of hydrogen-bond donors (Lipinski definition) is 6. The van der Waals surface area contributed by atoms with E-state index >= 15 is 0 Å². The van der Waals surface area contributed by atoms with Gasteiger partial charge in [-0.25, -0.2) is 10.1 Å². The van der Waals surface area contributed by atoms with Gasteiger partial charge in [0.15, 0.2) is 11.9 Å². The number of carbonyl (C=O) groups is 2. The fourth-order valence-electron chi connectivity index (χ4n) is 4.07. The zero-order chi connectivity index (χ0) is 38.0. The van der Waals surface area contributed by atoms with Crippen molar-refractivity contribution in [2.24, 2.45) is 10.2 Å². The summed E-state index contributed by atoms with van der Waals surface area (Å²) in [5.41, 5.74) is 1.40. The highest BCUT2D eigenvalue weighted by atomic mass is 35.5. The Kier molecular flexibility index (Phi) is 13.2. The molecule has 0 aliphatic heterocycles. The third-order valence-corrected chi connectivity index (χ3v) is 8.33. The van der Waals surface area contributed by atoms with E-state index in [2.05, 4.69) is 59.7 Å². The number of fused-ring (bicyclic) bond motifs is 1. The average molecular weight is 820 g/mol. The van der Waals surface area contributed by atoms with Crippen molar-refractivity contribution in [3.05, 3.63) is 83.6 Å². The normalized spacial score (nSPS) is 11.2. The van der Waals surface area contributed by atoms with E-state index < -0.39 is 21.6 Å². The van der Waals surface area contributed by atoms with Gasteiger partial charge in [0, 0.05) is 44.2 Å². The molecule has 0 spiro atoms. The standard InChI is InChI=1S/C29H18ClN7O12S4/c30-26-33-27(35-28(34-26)51-29(40)41)32-19-8-9-21-16(12-19)13-22(52-48-47-42)23(24(21)38)37-36-17-6-4-15(5-7-17)25(39)31-18-2-1-3-20(14-18)50-11-10-46-49-53(43,44)45/h1-9,12-14,38,42H,(H,31,39)(H,40,41)(H,43,44,45)(H,32,33,34,35). The molecule has 272 valence electrons. The SMILES string of the molecule is O=C(O)Sc1nc(Cl)nc(Nc2ccc3c(O)c(N=Nc4ccc(C(=O)Nc5cccc(SC#COOS(=O)(=O)O)c5)cc4)c(SOOO)cc3c2)n1. The molecular formula is C29H18ClN7O12S4. The van der Waals surface area contributed by atoms with Gasteiger partial charge in [-0.3, -0.25) is 14.2 Å². The quantitative estimate of drug-likeness (QED) is 0.0126. The molecule has 0 fully saturated rings. The number of phenols is 1. The number of phenolic OH excluding ortho intramolecular Hbond substituents is 1. The minimum atomic E-state index is -4.80. The summed E-state index contributed by atoms with van der Waals surface area (Å²) in [5, 5.41) is 48.2. The number of rotatable bonds is 13. The second kappa shape index (κ2) is 18.0. The third-order valence-electron chi connectivity index (χ3n) is 6.09. The van der Waals surface area contributed by atoms with Crippen LogP contribution in [-0.2, 0) is 29.0 Å². The number of aromatic nitrogens is 3. The third kappa shape index (κ3) is 11.6. The molecule has 24 heteroatoms. The Labute approximate surface area is 315 Å². The molecule has 6 N–H and O–H groups in total. The van der Waals surface area contributed by atoms with Crippen LogP contribution in [0.25, 0.3) is 10.8 Å². The van der Waals surface area contributed by atoms with Gasteiger partial charge in [0.1, 0.15) is 5.69 Å². The van der Waals surface area contributed by atoms with Gasteiger partial charge >= 0.3 is 15.7 Å². The Bertz CT molecular complexity index is 2380. The number of amides is 1. The molecule has 0 bridgehead atoms. The highest BCUT2D eigenvalue weighted by Gasteiger charge is 2.17. The molecular weight excluding hydrogens is 802 g/mol. The van der Waals surface area contributed by atoms with E-state index in [1.165, 1.54) is 24.3 Å². The molecule has 0 aliphatic rings. The molecule has 0 radical (unpaired) electrons. The van der Waals surface area contributed by atoms with E-state index in [0.29, 0.717) is 56.5 Å². The van der Waals surface area contributed by atoms with Crippen molar-refractivity contribution < 1.29 is 56.6 Å². The minimum Gasteiger partial charge on any atom is -0.505 e. The molecule has 1 heterocycles. The minimum absolute atomic E-state index is 0.0327. The van der Waals surface area contributed by atoms with E-state index in [9.17, 15) is 23.1 Å². The topological polar surface area (TPSA) is 274 Å². The molecule has 53 heavy (non-hydrogen) atoms. The van der Waals surface area contributed by atoms with Crippen LogP contribution in [0.3, 0.4) is 0 Å². The first-order valence-corrected chi connectivity index (χ1v) is 17.9. The largest absolute Gasteiger partial charge is 0.505 e. The number of carboxylic acid groups (broad SMARTS) is 1.